The molecule has 0 heterocycles. The van der Waals surface area contributed by atoms with Crippen LogP contribution in [0.3, 0.4) is 0 Å². The van der Waals surface area contributed by atoms with Crippen molar-refractivity contribution in [3.05, 3.63) is 0 Å². The molecule has 0 radical (unpaired) electrons. The number of methoxy groups -OCH3 is 2. The van der Waals surface area contributed by atoms with Gasteiger partial charge in [-0.05, 0) is 0 Å². The summed E-state index contributed by atoms with van der Waals surface area (Å²) in [6.07, 6.45) is -0.0614. The van der Waals surface area contributed by atoms with E-state index in [1.807, 2.05) is 0 Å². The summed E-state index contributed by atoms with van der Waals surface area (Å²) >= 11 is 0. The number of nitrogens with zero attached hydrogens (tertiary/aromatic N) is 2. The van der Waals surface area contributed by atoms with Crippen molar-refractivity contribution in [2.75, 3.05) is 41.4 Å². The summed E-state index contributed by atoms with van der Waals surface area (Å²) in [5, 5.41) is 0. The molecule has 0 fully saturated rings. The first-order valence-electron chi connectivity index (χ1n) is 5.57. The van der Waals surface area contributed by atoms with Gasteiger partial charge in [-0.3, -0.25) is 9.59 Å². The lowest BCUT2D eigenvalue weighted by Gasteiger charge is -2.23. The molecule has 0 aliphatic carbocycles. The molecule has 0 saturated carbocycles. The van der Waals surface area contributed by atoms with Crippen molar-refractivity contribution >= 4 is 22.1 Å². The molecule has 9 heteroatoms. The van der Waals surface area contributed by atoms with E-state index in [0.29, 0.717) is 0 Å². The molecular weight excluding hydrogens is 276 g/mol. The Bertz CT molecular complexity index is 376. The van der Waals surface area contributed by atoms with Gasteiger partial charge in [-0.25, -0.2) is 0 Å². The Morgan fingerprint density at radius 1 is 0.895 bits per heavy atom. The highest BCUT2D eigenvalue weighted by Gasteiger charge is 2.24. The van der Waals surface area contributed by atoms with Gasteiger partial charge in [0.05, 0.1) is 27.1 Å². The second kappa shape index (κ2) is 8.08. The largest absolute Gasteiger partial charge is 0.469 e. The van der Waals surface area contributed by atoms with E-state index in [2.05, 4.69) is 9.47 Å². The molecule has 0 aromatic carbocycles. The van der Waals surface area contributed by atoms with E-state index in [0.717, 1.165) is 8.61 Å². The first kappa shape index (κ1) is 17.8. The highest BCUT2D eigenvalue weighted by Crippen LogP contribution is 2.06. The minimum atomic E-state index is -3.70. The van der Waals surface area contributed by atoms with Crippen LogP contribution < -0.4 is 0 Å². The van der Waals surface area contributed by atoms with Crippen LogP contribution >= 0.6 is 0 Å². The highest BCUT2D eigenvalue weighted by molar-refractivity contribution is 7.86. The van der Waals surface area contributed by atoms with Crippen LogP contribution in [-0.4, -0.2) is 70.4 Å². The summed E-state index contributed by atoms with van der Waals surface area (Å²) in [5.41, 5.74) is 0. The molecule has 0 spiro atoms. The molecule has 0 saturated heterocycles. The predicted octanol–water partition coefficient (Wildman–Crippen LogP) is -0.779. The molecule has 0 amide bonds. The van der Waals surface area contributed by atoms with Crippen molar-refractivity contribution in [3.8, 4) is 0 Å². The Morgan fingerprint density at radius 2 is 1.21 bits per heavy atom. The molecular formula is C10H20N2O6S. The Kier molecular flexibility index (Phi) is 7.57. The topological polar surface area (TPSA) is 93.2 Å². The zero-order valence-corrected chi connectivity index (χ0v) is 12.4. The van der Waals surface area contributed by atoms with Crippen molar-refractivity contribution in [3.63, 3.8) is 0 Å². The van der Waals surface area contributed by atoms with Crippen molar-refractivity contribution in [2.24, 2.45) is 0 Å². The van der Waals surface area contributed by atoms with Crippen LogP contribution in [0.5, 0.6) is 0 Å². The molecule has 0 aliphatic rings. The average molecular weight is 296 g/mol. The maximum atomic E-state index is 12.0. The van der Waals surface area contributed by atoms with E-state index >= 15 is 0 Å². The lowest BCUT2D eigenvalue weighted by molar-refractivity contribution is -0.141. The number of ether oxygens (including phenoxy) is 2. The van der Waals surface area contributed by atoms with Crippen LogP contribution in [0.2, 0.25) is 0 Å². The van der Waals surface area contributed by atoms with Gasteiger partial charge in [0, 0.05) is 27.2 Å². The fourth-order valence-corrected chi connectivity index (χ4v) is 2.29. The smallest absolute Gasteiger partial charge is 0.306 e. The zero-order valence-electron chi connectivity index (χ0n) is 11.6. The third kappa shape index (κ3) is 5.99. The van der Waals surface area contributed by atoms with Gasteiger partial charge in [0.1, 0.15) is 0 Å². The Morgan fingerprint density at radius 3 is 1.47 bits per heavy atom. The minimum absolute atomic E-state index is 0.0115. The fourth-order valence-electron chi connectivity index (χ4n) is 1.17. The first-order valence-corrected chi connectivity index (χ1v) is 6.96. The molecule has 0 unspecified atom stereocenters. The van der Waals surface area contributed by atoms with E-state index in [9.17, 15) is 18.0 Å². The molecule has 8 nitrogen and oxygen atoms in total. The molecule has 0 aliphatic heterocycles. The van der Waals surface area contributed by atoms with Gasteiger partial charge in [-0.1, -0.05) is 0 Å². The van der Waals surface area contributed by atoms with Crippen LogP contribution in [0.4, 0.5) is 0 Å². The van der Waals surface area contributed by atoms with Crippen molar-refractivity contribution < 1.29 is 27.5 Å². The van der Waals surface area contributed by atoms with E-state index < -0.39 is 22.1 Å². The van der Waals surface area contributed by atoms with Crippen LogP contribution in [0.1, 0.15) is 12.8 Å². The van der Waals surface area contributed by atoms with E-state index in [4.69, 9.17) is 0 Å². The van der Waals surface area contributed by atoms with Gasteiger partial charge in [0.2, 0.25) is 0 Å². The third-order valence-corrected chi connectivity index (χ3v) is 4.45. The number of hydrogen-bond acceptors (Lipinski definition) is 6. The van der Waals surface area contributed by atoms with E-state index in [-0.39, 0.29) is 25.9 Å². The maximum Gasteiger partial charge on any atom is 0.306 e. The van der Waals surface area contributed by atoms with Gasteiger partial charge in [0.25, 0.3) is 10.2 Å². The first-order chi connectivity index (χ1) is 8.75. The lowest BCUT2D eigenvalue weighted by Crippen LogP contribution is -2.41. The van der Waals surface area contributed by atoms with Gasteiger partial charge >= 0.3 is 11.9 Å². The van der Waals surface area contributed by atoms with Gasteiger partial charge in [0.15, 0.2) is 0 Å². The Balaban J connectivity index is 4.42. The van der Waals surface area contributed by atoms with Gasteiger partial charge < -0.3 is 9.47 Å². The second-order valence-electron chi connectivity index (χ2n) is 3.80. The third-order valence-electron chi connectivity index (χ3n) is 2.50. The molecule has 0 bridgehead atoms. The van der Waals surface area contributed by atoms with Crippen molar-refractivity contribution in [1.82, 2.24) is 8.61 Å². The molecule has 0 atom stereocenters. The number of esters is 2. The highest BCUT2D eigenvalue weighted by atomic mass is 32.2. The summed E-state index contributed by atoms with van der Waals surface area (Å²) in [6.45, 7) is 0.0230. The molecule has 0 aromatic heterocycles. The SMILES string of the molecule is COC(=O)CCN(C)S(=O)(=O)N(C)CCC(=O)OC. The average Bonchev–Trinajstić information content (AvgIpc) is 2.40. The Hall–Kier alpha value is -1.19. The lowest BCUT2D eigenvalue weighted by atomic mass is 10.4. The molecule has 0 aromatic rings. The van der Waals surface area contributed by atoms with Gasteiger partial charge in [-0.15, -0.1) is 0 Å². The predicted molar refractivity (Wildman–Crippen MR) is 67.4 cm³/mol. The zero-order chi connectivity index (χ0) is 15.1. The molecule has 0 rings (SSSR count). The monoisotopic (exact) mass is 296 g/mol. The summed E-state index contributed by atoms with van der Waals surface area (Å²) in [7, 11) is 1.48. The standard InChI is InChI=1S/C10H20N2O6S/c1-11(7-5-9(13)17-3)19(15,16)12(2)8-6-10(14)18-4/h5-8H2,1-4H3. The molecule has 0 N–H and O–H groups in total. The fraction of sp³-hybridized carbons (Fsp3) is 0.800. The summed E-state index contributed by atoms with van der Waals surface area (Å²) in [5.74, 6) is -0.974. The van der Waals surface area contributed by atoms with Crippen LogP contribution in [0.15, 0.2) is 0 Å². The summed E-state index contributed by atoms with van der Waals surface area (Å²) < 4.78 is 34.9. The normalized spacial score (nSPS) is 11.7. The molecule has 19 heavy (non-hydrogen) atoms. The Labute approximate surface area is 113 Å². The quantitative estimate of drug-likeness (QED) is 0.546. The van der Waals surface area contributed by atoms with Crippen molar-refractivity contribution in [1.29, 1.82) is 0 Å². The number of rotatable bonds is 8. The number of carbonyl (C=O) groups excluding carboxylic acids is 2. The number of carbonyl (C=O) groups is 2. The van der Waals surface area contributed by atoms with E-state index in [1.54, 1.807) is 0 Å². The van der Waals surface area contributed by atoms with Gasteiger partial charge in [-0.2, -0.15) is 17.0 Å². The molecule has 112 valence electrons. The van der Waals surface area contributed by atoms with Crippen LogP contribution in [0.25, 0.3) is 0 Å². The summed E-state index contributed by atoms with van der Waals surface area (Å²) in [6, 6.07) is 0. The maximum absolute atomic E-state index is 12.0. The van der Waals surface area contributed by atoms with Crippen molar-refractivity contribution in [2.45, 2.75) is 12.8 Å². The number of hydrogen-bond donors (Lipinski definition) is 0. The summed E-state index contributed by atoms with van der Waals surface area (Å²) in [4.78, 5) is 21.9. The minimum Gasteiger partial charge on any atom is -0.469 e. The van der Waals surface area contributed by atoms with Crippen LogP contribution in [0, 0.1) is 0 Å². The van der Waals surface area contributed by atoms with Crippen LogP contribution in [-0.2, 0) is 29.3 Å². The van der Waals surface area contributed by atoms with E-state index in [1.165, 1.54) is 28.3 Å². The second-order valence-corrected chi connectivity index (χ2v) is 5.95.